The summed E-state index contributed by atoms with van der Waals surface area (Å²) in [4.78, 5) is 24.0. The Morgan fingerprint density at radius 1 is 1.05 bits per heavy atom. The normalized spacial score (nSPS) is 14.8. The predicted molar refractivity (Wildman–Crippen MR) is 83.2 cm³/mol. The molecule has 0 saturated heterocycles. The summed E-state index contributed by atoms with van der Waals surface area (Å²) in [6, 6.07) is 0. The zero-order chi connectivity index (χ0) is 16.4. The number of Topliss-reactive ketones (excluding diaryl/α,β-unsaturated/α-hetero) is 1. The third-order valence-corrected chi connectivity index (χ3v) is 7.99. The first-order chi connectivity index (χ1) is 8.71. The number of esters is 1. The molecule has 1 atom stereocenters. The summed E-state index contributed by atoms with van der Waals surface area (Å²) < 4.78 is 11.2. The molecule has 0 spiro atoms. The van der Waals surface area contributed by atoms with Crippen molar-refractivity contribution in [3.63, 3.8) is 0 Å². The van der Waals surface area contributed by atoms with Crippen molar-refractivity contribution in [1.29, 1.82) is 0 Å². The summed E-state index contributed by atoms with van der Waals surface area (Å²) in [7, 11) is -2.08. The van der Waals surface area contributed by atoms with Crippen LogP contribution in [0.25, 0.3) is 0 Å². The minimum Gasteiger partial charge on any atom is -0.454 e. The minimum absolute atomic E-state index is 0.00533. The number of rotatable bonds is 5. The van der Waals surface area contributed by atoms with E-state index < -0.39 is 31.8 Å². The molecule has 0 fully saturated rings. The molecule has 0 rings (SSSR count). The van der Waals surface area contributed by atoms with Gasteiger partial charge in [0.1, 0.15) is 11.7 Å². The maximum Gasteiger partial charge on any atom is 0.377 e. The van der Waals surface area contributed by atoms with Gasteiger partial charge >= 0.3 is 5.97 Å². The molecule has 0 aliphatic carbocycles. The third-order valence-electron chi connectivity index (χ3n) is 3.51. The zero-order valence-electron chi connectivity index (χ0n) is 14.4. The first-order valence-electron chi connectivity index (χ1n) is 7.16. The maximum absolute atomic E-state index is 12.2. The average molecular weight is 302 g/mol. The molecule has 5 heteroatoms. The van der Waals surface area contributed by atoms with Gasteiger partial charge in [-0.05, 0) is 45.3 Å². The lowest BCUT2D eigenvalue weighted by Crippen LogP contribution is -2.47. The van der Waals surface area contributed by atoms with Gasteiger partial charge in [-0.1, -0.05) is 27.7 Å². The number of carbonyl (C=O) groups excluding carboxylic acids is 2. The average Bonchev–Trinajstić information content (AvgIpc) is 2.20. The topological polar surface area (TPSA) is 52.6 Å². The van der Waals surface area contributed by atoms with Crippen LogP contribution < -0.4 is 0 Å². The van der Waals surface area contributed by atoms with Gasteiger partial charge in [-0.25, -0.2) is 4.79 Å². The Bertz CT molecular complexity index is 361. The van der Waals surface area contributed by atoms with Gasteiger partial charge in [0.2, 0.25) is 0 Å². The van der Waals surface area contributed by atoms with Crippen molar-refractivity contribution in [1.82, 2.24) is 0 Å². The second kappa shape index (κ2) is 6.39. The van der Waals surface area contributed by atoms with E-state index in [1.807, 2.05) is 6.92 Å². The van der Waals surface area contributed by atoms with E-state index in [9.17, 15) is 9.59 Å². The molecule has 0 aliphatic rings. The van der Waals surface area contributed by atoms with Gasteiger partial charge in [0, 0.05) is 0 Å². The first kappa shape index (κ1) is 19.3. The predicted octanol–water partition coefficient (Wildman–Crippen LogP) is 3.70. The lowest BCUT2D eigenvalue weighted by molar-refractivity contribution is -0.165. The van der Waals surface area contributed by atoms with E-state index >= 15 is 0 Å². The Balaban J connectivity index is 4.94. The molecule has 0 bridgehead atoms. The molecule has 0 amide bonds. The van der Waals surface area contributed by atoms with Crippen LogP contribution in [-0.4, -0.2) is 31.8 Å². The van der Waals surface area contributed by atoms with Crippen LogP contribution in [0.2, 0.25) is 18.1 Å². The fourth-order valence-electron chi connectivity index (χ4n) is 1.31. The lowest BCUT2D eigenvalue weighted by Gasteiger charge is -2.38. The van der Waals surface area contributed by atoms with Crippen LogP contribution in [-0.2, 0) is 18.8 Å². The minimum atomic E-state index is -2.08. The highest BCUT2D eigenvalue weighted by atomic mass is 28.4. The third kappa shape index (κ3) is 5.75. The van der Waals surface area contributed by atoms with Gasteiger partial charge in [0.15, 0.2) is 8.32 Å². The summed E-state index contributed by atoms with van der Waals surface area (Å²) in [6.45, 7) is 17.5. The largest absolute Gasteiger partial charge is 0.454 e. The van der Waals surface area contributed by atoms with Crippen LogP contribution in [0.3, 0.4) is 0 Å². The van der Waals surface area contributed by atoms with E-state index in [-0.39, 0.29) is 5.04 Å². The number of hydrogen-bond donors (Lipinski definition) is 0. The SMILES string of the molecule is CCC(O[Si](C)(C)C(C)(C)C)C(=O)C(=O)OC(C)(C)C. The smallest absolute Gasteiger partial charge is 0.377 e. The highest BCUT2D eigenvalue weighted by Gasteiger charge is 2.41. The summed E-state index contributed by atoms with van der Waals surface area (Å²) >= 11 is 0. The summed E-state index contributed by atoms with van der Waals surface area (Å²) in [5.74, 6) is -1.38. The molecule has 118 valence electrons. The van der Waals surface area contributed by atoms with Crippen LogP contribution in [0.4, 0.5) is 0 Å². The molecule has 0 radical (unpaired) electrons. The number of ether oxygens (including phenoxy) is 1. The van der Waals surface area contributed by atoms with Crippen LogP contribution in [0.5, 0.6) is 0 Å². The van der Waals surface area contributed by atoms with Crippen molar-refractivity contribution >= 4 is 20.1 Å². The molecule has 20 heavy (non-hydrogen) atoms. The molecule has 0 aromatic carbocycles. The first-order valence-corrected chi connectivity index (χ1v) is 10.1. The fraction of sp³-hybridized carbons (Fsp3) is 0.867. The summed E-state index contributed by atoms with van der Waals surface area (Å²) in [5.41, 5.74) is -0.665. The van der Waals surface area contributed by atoms with Crippen LogP contribution in [0.1, 0.15) is 54.9 Å². The van der Waals surface area contributed by atoms with Crippen molar-refractivity contribution < 1.29 is 18.8 Å². The standard InChI is InChI=1S/C15H30O4Si/c1-10-11(19-20(8,9)15(5,6)7)12(16)13(17)18-14(2,3)4/h11H,10H2,1-9H3. The van der Waals surface area contributed by atoms with Gasteiger partial charge in [-0.2, -0.15) is 0 Å². The van der Waals surface area contributed by atoms with E-state index in [1.54, 1.807) is 20.8 Å². The van der Waals surface area contributed by atoms with Gasteiger partial charge in [0.05, 0.1) is 0 Å². The molecule has 0 aliphatic heterocycles. The highest BCUT2D eigenvalue weighted by molar-refractivity contribution is 6.74. The van der Waals surface area contributed by atoms with E-state index in [0.29, 0.717) is 6.42 Å². The molecule has 4 nitrogen and oxygen atoms in total. The van der Waals surface area contributed by atoms with Crippen molar-refractivity contribution in [3.8, 4) is 0 Å². The molecule has 0 saturated carbocycles. The second-order valence-electron chi connectivity index (χ2n) is 7.64. The maximum atomic E-state index is 12.2. The van der Waals surface area contributed by atoms with Gasteiger partial charge in [0.25, 0.3) is 5.78 Å². The number of carbonyl (C=O) groups is 2. The molecular formula is C15H30O4Si. The zero-order valence-corrected chi connectivity index (χ0v) is 15.4. The summed E-state index contributed by atoms with van der Waals surface area (Å²) in [5, 5.41) is -0.00533. The van der Waals surface area contributed by atoms with Gasteiger partial charge in [-0.3, -0.25) is 4.79 Å². The van der Waals surface area contributed by atoms with E-state index in [2.05, 4.69) is 33.9 Å². The Morgan fingerprint density at radius 3 is 1.80 bits per heavy atom. The molecule has 1 unspecified atom stereocenters. The fourth-order valence-corrected chi connectivity index (χ4v) is 2.65. The Labute approximate surface area is 124 Å². The van der Waals surface area contributed by atoms with Crippen LogP contribution in [0.15, 0.2) is 0 Å². The monoisotopic (exact) mass is 302 g/mol. The van der Waals surface area contributed by atoms with Crippen LogP contribution >= 0.6 is 0 Å². The van der Waals surface area contributed by atoms with E-state index in [4.69, 9.17) is 9.16 Å². The molecule has 0 heterocycles. The van der Waals surface area contributed by atoms with E-state index in [0.717, 1.165) is 0 Å². The molecular weight excluding hydrogens is 272 g/mol. The lowest BCUT2D eigenvalue weighted by atomic mass is 10.1. The molecule has 0 aromatic rings. The van der Waals surface area contributed by atoms with Crippen molar-refractivity contribution in [2.24, 2.45) is 0 Å². The number of ketones is 1. The Morgan fingerprint density at radius 2 is 1.50 bits per heavy atom. The van der Waals surface area contributed by atoms with Gasteiger partial charge < -0.3 is 9.16 Å². The quantitative estimate of drug-likeness (QED) is 0.441. The second-order valence-corrected chi connectivity index (χ2v) is 12.4. The Hall–Kier alpha value is -0.683. The van der Waals surface area contributed by atoms with Crippen molar-refractivity contribution in [2.75, 3.05) is 0 Å². The van der Waals surface area contributed by atoms with Crippen LogP contribution in [0, 0.1) is 0 Å². The Kier molecular flexibility index (Phi) is 6.17. The van der Waals surface area contributed by atoms with Crippen molar-refractivity contribution in [2.45, 2.75) is 84.7 Å². The number of hydrogen-bond acceptors (Lipinski definition) is 4. The van der Waals surface area contributed by atoms with Gasteiger partial charge in [-0.15, -0.1) is 0 Å². The van der Waals surface area contributed by atoms with Crippen molar-refractivity contribution in [3.05, 3.63) is 0 Å². The highest BCUT2D eigenvalue weighted by Crippen LogP contribution is 2.37. The molecule has 0 aromatic heterocycles. The molecule has 0 N–H and O–H groups in total. The van der Waals surface area contributed by atoms with E-state index in [1.165, 1.54) is 0 Å². The summed E-state index contributed by atoms with van der Waals surface area (Å²) in [6.07, 6.45) is -0.226.